The summed E-state index contributed by atoms with van der Waals surface area (Å²) in [5.41, 5.74) is 2.53. The van der Waals surface area contributed by atoms with Gasteiger partial charge in [0, 0.05) is 16.9 Å². The molecule has 2 aromatic rings. The summed E-state index contributed by atoms with van der Waals surface area (Å²) in [6.45, 7) is 0. The summed E-state index contributed by atoms with van der Waals surface area (Å²) in [5.74, 6) is 0.712. The van der Waals surface area contributed by atoms with E-state index in [2.05, 4.69) is 0 Å². The van der Waals surface area contributed by atoms with Crippen LogP contribution in [0.3, 0.4) is 0 Å². The van der Waals surface area contributed by atoms with Crippen LogP contribution in [-0.2, 0) is 6.42 Å². The summed E-state index contributed by atoms with van der Waals surface area (Å²) in [4.78, 5) is 12.3. The van der Waals surface area contributed by atoms with E-state index < -0.39 is 0 Å². The van der Waals surface area contributed by atoms with Gasteiger partial charge in [0.05, 0.1) is 0 Å². The average Bonchev–Trinajstić information content (AvgIpc) is 2.40. The highest BCUT2D eigenvalue weighted by molar-refractivity contribution is 7.80. The minimum Gasteiger partial charge on any atom is -0.289 e. The molecule has 0 saturated carbocycles. The van der Waals surface area contributed by atoms with Crippen LogP contribution < -0.4 is 0 Å². The van der Waals surface area contributed by atoms with Gasteiger partial charge in [-0.1, -0.05) is 67.2 Å². The molecule has 0 fully saturated rings. The van der Waals surface area contributed by atoms with E-state index in [4.69, 9.17) is 12.6 Å². The second kappa shape index (κ2) is 5.69. The van der Waals surface area contributed by atoms with E-state index in [0.29, 0.717) is 5.75 Å². The Kier molecular flexibility index (Phi) is 3.99. The van der Waals surface area contributed by atoms with Crippen LogP contribution in [0.1, 0.15) is 21.5 Å². The number of hydrogen-bond donors (Lipinski definition) is 0. The summed E-state index contributed by atoms with van der Waals surface area (Å²) in [6.07, 6.45) is 0.768. The molecule has 0 aliphatic heterocycles. The molecule has 0 bridgehead atoms. The van der Waals surface area contributed by atoms with Crippen molar-refractivity contribution in [1.29, 1.82) is 0 Å². The molecule has 2 heteroatoms. The van der Waals surface area contributed by atoms with Gasteiger partial charge in [0.25, 0.3) is 0 Å². The van der Waals surface area contributed by atoms with Gasteiger partial charge >= 0.3 is 0 Å². The molecule has 0 spiro atoms. The van der Waals surface area contributed by atoms with Crippen LogP contribution in [0.15, 0.2) is 54.6 Å². The van der Waals surface area contributed by atoms with Crippen molar-refractivity contribution in [2.75, 3.05) is 5.75 Å². The van der Waals surface area contributed by atoms with Gasteiger partial charge in [-0.3, -0.25) is 4.79 Å². The lowest BCUT2D eigenvalue weighted by molar-refractivity contribution is 0.103. The lowest BCUT2D eigenvalue weighted by atomic mass is 9.97. The molecule has 1 radical (unpaired) electrons. The molecule has 2 aromatic carbocycles. The van der Waals surface area contributed by atoms with Crippen LogP contribution in [0, 0.1) is 0 Å². The fraction of sp³-hybridized carbons (Fsp3) is 0.133. The first-order valence-corrected chi connectivity index (χ1v) is 6.16. The zero-order chi connectivity index (χ0) is 12.1. The Labute approximate surface area is 107 Å². The van der Waals surface area contributed by atoms with E-state index in [9.17, 15) is 4.79 Å². The number of carbonyl (C=O) groups is 1. The smallest absolute Gasteiger partial charge is 0.193 e. The third-order valence-corrected chi connectivity index (χ3v) is 2.87. The molecule has 85 valence electrons. The Balaban J connectivity index is 2.37. The van der Waals surface area contributed by atoms with Gasteiger partial charge in [0.2, 0.25) is 0 Å². The van der Waals surface area contributed by atoms with Gasteiger partial charge < -0.3 is 0 Å². The molecular weight excluding hydrogens is 228 g/mol. The number of aryl methyl sites for hydroxylation is 1. The Morgan fingerprint density at radius 3 is 2.29 bits per heavy atom. The van der Waals surface area contributed by atoms with E-state index in [-0.39, 0.29) is 5.78 Å². The zero-order valence-corrected chi connectivity index (χ0v) is 10.2. The second-order valence-electron chi connectivity index (χ2n) is 3.81. The van der Waals surface area contributed by atoms with Crippen molar-refractivity contribution in [1.82, 2.24) is 0 Å². The molecule has 0 saturated heterocycles. The average molecular weight is 241 g/mol. The first kappa shape index (κ1) is 11.9. The quantitative estimate of drug-likeness (QED) is 0.747. The predicted octanol–water partition coefficient (Wildman–Crippen LogP) is 3.66. The number of rotatable bonds is 4. The predicted molar refractivity (Wildman–Crippen MR) is 72.5 cm³/mol. The Morgan fingerprint density at radius 2 is 1.59 bits per heavy atom. The maximum atomic E-state index is 12.3. The van der Waals surface area contributed by atoms with Gasteiger partial charge in [-0.05, 0) is 12.0 Å². The van der Waals surface area contributed by atoms with Crippen LogP contribution in [0.25, 0.3) is 0 Å². The number of benzene rings is 2. The van der Waals surface area contributed by atoms with Gasteiger partial charge in [0.15, 0.2) is 5.78 Å². The lowest BCUT2D eigenvalue weighted by Gasteiger charge is -2.07. The van der Waals surface area contributed by atoms with Crippen molar-refractivity contribution in [3.05, 3.63) is 71.3 Å². The van der Waals surface area contributed by atoms with Crippen molar-refractivity contribution >= 4 is 18.4 Å². The van der Waals surface area contributed by atoms with Crippen molar-refractivity contribution in [2.45, 2.75) is 6.42 Å². The third kappa shape index (κ3) is 2.77. The summed E-state index contributed by atoms with van der Waals surface area (Å²) < 4.78 is 0. The molecule has 0 unspecified atom stereocenters. The third-order valence-electron chi connectivity index (χ3n) is 2.67. The second-order valence-corrected chi connectivity index (χ2v) is 4.21. The Bertz CT molecular complexity index is 505. The highest BCUT2D eigenvalue weighted by atomic mass is 32.1. The molecule has 0 heterocycles. The highest BCUT2D eigenvalue weighted by Gasteiger charge is 2.11. The molecule has 1 nitrogen and oxygen atoms in total. The fourth-order valence-electron chi connectivity index (χ4n) is 1.81. The van der Waals surface area contributed by atoms with Crippen molar-refractivity contribution in [3.63, 3.8) is 0 Å². The van der Waals surface area contributed by atoms with Crippen molar-refractivity contribution < 1.29 is 4.79 Å². The summed E-state index contributed by atoms with van der Waals surface area (Å²) >= 11 is 4.99. The summed E-state index contributed by atoms with van der Waals surface area (Å²) in [5, 5.41) is 0. The minimum atomic E-state index is 0.0738. The van der Waals surface area contributed by atoms with E-state index >= 15 is 0 Å². The number of carbonyl (C=O) groups excluding carboxylic acids is 1. The minimum absolute atomic E-state index is 0.0738. The van der Waals surface area contributed by atoms with E-state index in [1.807, 2.05) is 54.6 Å². The molecule has 17 heavy (non-hydrogen) atoms. The van der Waals surface area contributed by atoms with Crippen LogP contribution in [0.5, 0.6) is 0 Å². The molecule has 0 aromatic heterocycles. The van der Waals surface area contributed by atoms with E-state index in [0.717, 1.165) is 23.1 Å². The first-order chi connectivity index (χ1) is 8.33. The first-order valence-electron chi connectivity index (χ1n) is 5.58. The summed E-state index contributed by atoms with van der Waals surface area (Å²) in [7, 11) is 0. The van der Waals surface area contributed by atoms with Gasteiger partial charge in [-0.15, -0.1) is 0 Å². The van der Waals surface area contributed by atoms with E-state index in [1.165, 1.54) is 0 Å². The lowest BCUT2D eigenvalue weighted by Crippen LogP contribution is -2.05. The van der Waals surface area contributed by atoms with Crippen molar-refractivity contribution in [3.8, 4) is 0 Å². The van der Waals surface area contributed by atoms with Crippen LogP contribution in [0.2, 0.25) is 0 Å². The molecule has 0 N–H and O–H groups in total. The Morgan fingerprint density at radius 1 is 0.941 bits per heavy atom. The Hall–Kier alpha value is -1.54. The van der Waals surface area contributed by atoms with Gasteiger partial charge in [-0.25, -0.2) is 0 Å². The van der Waals surface area contributed by atoms with Crippen molar-refractivity contribution in [2.24, 2.45) is 0 Å². The van der Waals surface area contributed by atoms with E-state index in [1.54, 1.807) is 0 Å². The SMILES string of the molecule is O=C(c1ccccc1)c1ccccc1CC[S]. The summed E-state index contributed by atoms with van der Waals surface area (Å²) in [6, 6.07) is 17.0. The topological polar surface area (TPSA) is 17.1 Å². The normalized spacial score (nSPS) is 10.2. The maximum Gasteiger partial charge on any atom is 0.193 e. The molecule has 0 atom stereocenters. The standard InChI is InChI=1S/C15H13OS/c16-15(13-7-2-1-3-8-13)14-9-5-4-6-12(14)10-11-17/h1-9H,10-11H2. The molecule has 2 rings (SSSR count). The largest absolute Gasteiger partial charge is 0.289 e. The highest BCUT2D eigenvalue weighted by Crippen LogP contribution is 2.15. The monoisotopic (exact) mass is 241 g/mol. The number of ketones is 1. The van der Waals surface area contributed by atoms with Crippen LogP contribution in [0.4, 0.5) is 0 Å². The number of hydrogen-bond acceptors (Lipinski definition) is 1. The molecule has 0 amide bonds. The molecule has 0 aliphatic carbocycles. The molecular formula is C15H13OS. The fourth-order valence-corrected chi connectivity index (χ4v) is 2.03. The maximum absolute atomic E-state index is 12.3. The van der Waals surface area contributed by atoms with Gasteiger partial charge in [0.1, 0.15) is 0 Å². The van der Waals surface area contributed by atoms with Crippen LogP contribution in [-0.4, -0.2) is 11.5 Å². The zero-order valence-electron chi connectivity index (χ0n) is 9.43. The van der Waals surface area contributed by atoms with Crippen LogP contribution >= 0.6 is 12.6 Å². The molecule has 0 aliphatic rings. The van der Waals surface area contributed by atoms with Gasteiger partial charge in [-0.2, -0.15) is 0 Å².